The molecule has 0 N–H and O–H groups in total. The number of carbonyl (C=O) groups excluding carboxylic acids is 1. The molecule has 1 saturated carbocycles. The van der Waals surface area contributed by atoms with E-state index in [2.05, 4.69) is 11.9 Å². The molecule has 1 aliphatic heterocycles. The summed E-state index contributed by atoms with van der Waals surface area (Å²) in [5.41, 5.74) is 1.31. The van der Waals surface area contributed by atoms with E-state index in [9.17, 15) is 4.79 Å². The van der Waals surface area contributed by atoms with Crippen LogP contribution in [0.1, 0.15) is 51.0 Å². The lowest BCUT2D eigenvalue weighted by molar-refractivity contribution is -0.130. The summed E-state index contributed by atoms with van der Waals surface area (Å²) in [6, 6.07) is 7.55. The van der Waals surface area contributed by atoms with Gasteiger partial charge < -0.3 is 9.47 Å². The van der Waals surface area contributed by atoms with Crippen molar-refractivity contribution < 1.29 is 14.3 Å². The zero-order valence-electron chi connectivity index (χ0n) is 14.5. The first-order valence-corrected chi connectivity index (χ1v) is 8.86. The first-order chi connectivity index (χ1) is 11.7. The van der Waals surface area contributed by atoms with Crippen LogP contribution in [-0.4, -0.2) is 19.0 Å². The number of ether oxygens (including phenoxy) is 2. The second kappa shape index (κ2) is 7.65. The molecule has 128 valence electrons. The molecule has 0 saturated heterocycles. The molecule has 0 spiro atoms. The Morgan fingerprint density at radius 2 is 1.92 bits per heavy atom. The second-order valence-corrected chi connectivity index (χ2v) is 6.65. The highest BCUT2D eigenvalue weighted by Gasteiger charge is 2.32. The largest absolute Gasteiger partial charge is 0.497 e. The third kappa shape index (κ3) is 3.86. The van der Waals surface area contributed by atoms with Crippen LogP contribution in [0.25, 0.3) is 6.08 Å². The monoisotopic (exact) mass is 327 g/mol. The Morgan fingerprint density at radius 1 is 1.21 bits per heavy atom. The molecule has 1 aromatic rings. The van der Waals surface area contributed by atoms with Gasteiger partial charge in [-0.3, -0.25) is 0 Å². The first kappa shape index (κ1) is 16.7. The summed E-state index contributed by atoms with van der Waals surface area (Å²) >= 11 is 0. The van der Waals surface area contributed by atoms with Crippen molar-refractivity contribution in [1.82, 2.24) is 0 Å². The molecule has 3 rings (SSSR count). The highest BCUT2D eigenvalue weighted by Crippen LogP contribution is 2.34. The van der Waals surface area contributed by atoms with Crippen molar-refractivity contribution in [1.29, 1.82) is 0 Å². The minimum atomic E-state index is -0.337. The smallest absolute Gasteiger partial charge is 0.363 e. The molecule has 4 nitrogen and oxygen atoms in total. The molecule has 1 fully saturated rings. The molecule has 1 aromatic carbocycles. The van der Waals surface area contributed by atoms with E-state index in [4.69, 9.17) is 9.47 Å². The molecule has 0 atom stereocenters. The molecular formula is C20H25NO3. The maximum absolute atomic E-state index is 12.1. The second-order valence-electron chi connectivity index (χ2n) is 6.65. The zero-order chi connectivity index (χ0) is 16.9. The predicted molar refractivity (Wildman–Crippen MR) is 94.9 cm³/mol. The van der Waals surface area contributed by atoms with Gasteiger partial charge in [-0.15, -0.1) is 0 Å². The number of methoxy groups -OCH3 is 1. The molecule has 2 aliphatic rings. The predicted octanol–water partition coefficient (Wildman–Crippen LogP) is 4.60. The summed E-state index contributed by atoms with van der Waals surface area (Å²) in [7, 11) is 1.63. The topological polar surface area (TPSA) is 47.9 Å². The van der Waals surface area contributed by atoms with Gasteiger partial charge in [0.1, 0.15) is 5.75 Å². The van der Waals surface area contributed by atoms with E-state index in [1.165, 1.54) is 25.7 Å². The minimum absolute atomic E-state index is 0.295. The summed E-state index contributed by atoms with van der Waals surface area (Å²) in [4.78, 5) is 16.6. The van der Waals surface area contributed by atoms with E-state index in [0.29, 0.717) is 17.5 Å². The number of rotatable bonds is 5. The van der Waals surface area contributed by atoms with Gasteiger partial charge in [0.15, 0.2) is 5.70 Å². The van der Waals surface area contributed by atoms with Crippen molar-refractivity contribution in [2.75, 3.05) is 7.11 Å². The van der Waals surface area contributed by atoms with Gasteiger partial charge in [-0.1, -0.05) is 31.9 Å². The Balaban J connectivity index is 1.67. The summed E-state index contributed by atoms with van der Waals surface area (Å²) in [6.07, 6.45) is 8.91. The molecule has 0 bridgehead atoms. The van der Waals surface area contributed by atoms with Crippen LogP contribution in [0.3, 0.4) is 0 Å². The highest BCUT2D eigenvalue weighted by molar-refractivity contribution is 6.07. The Labute approximate surface area is 143 Å². The van der Waals surface area contributed by atoms with Crippen molar-refractivity contribution in [3.05, 3.63) is 35.5 Å². The van der Waals surface area contributed by atoms with E-state index >= 15 is 0 Å². The van der Waals surface area contributed by atoms with Crippen molar-refractivity contribution in [2.24, 2.45) is 16.8 Å². The number of cyclic esters (lactones) is 1. The van der Waals surface area contributed by atoms with Gasteiger partial charge in [0.25, 0.3) is 0 Å². The van der Waals surface area contributed by atoms with Crippen molar-refractivity contribution in [3.8, 4) is 5.75 Å². The van der Waals surface area contributed by atoms with Crippen molar-refractivity contribution >= 4 is 17.9 Å². The fourth-order valence-corrected chi connectivity index (χ4v) is 3.56. The molecule has 4 heteroatoms. The molecule has 0 aromatic heterocycles. The molecule has 1 heterocycles. The average molecular weight is 327 g/mol. The standard InChI is InChI=1S/C20H25NO3/c1-3-4-14-5-9-16(10-6-14)19-21-18(20(22)24-19)13-15-7-11-17(23-2)12-8-15/h7-8,11-14,16H,3-6,9-10H2,1-2H3. The fourth-order valence-electron chi connectivity index (χ4n) is 3.56. The van der Waals surface area contributed by atoms with Gasteiger partial charge in [0.05, 0.1) is 7.11 Å². The number of aliphatic imine (C=N–C) groups is 1. The van der Waals surface area contributed by atoms with Crippen LogP contribution in [0.15, 0.2) is 35.0 Å². The zero-order valence-corrected chi connectivity index (χ0v) is 14.5. The maximum Gasteiger partial charge on any atom is 0.363 e. The normalized spacial score (nSPS) is 25.5. The summed E-state index contributed by atoms with van der Waals surface area (Å²) in [5.74, 6) is 2.20. The number of carbonyl (C=O) groups is 1. The Morgan fingerprint density at radius 3 is 2.54 bits per heavy atom. The Kier molecular flexibility index (Phi) is 5.34. The third-order valence-electron chi connectivity index (χ3n) is 4.95. The lowest BCUT2D eigenvalue weighted by Gasteiger charge is -2.27. The van der Waals surface area contributed by atoms with Crippen molar-refractivity contribution in [2.45, 2.75) is 45.4 Å². The number of benzene rings is 1. The van der Waals surface area contributed by atoms with Crippen LogP contribution in [-0.2, 0) is 9.53 Å². The molecule has 24 heavy (non-hydrogen) atoms. The molecule has 1 aliphatic carbocycles. The quantitative estimate of drug-likeness (QED) is 0.586. The SMILES string of the molecule is CCCC1CCC(C2=NC(=Cc3ccc(OC)cc3)C(=O)O2)CC1. The van der Waals surface area contributed by atoms with E-state index in [1.54, 1.807) is 13.2 Å². The fraction of sp³-hybridized carbons (Fsp3) is 0.500. The molecule has 0 unspecified atom stereocenters. The van der Waals surface area contributed by atoms with Gasteiger partial charge in [0.2, 0.25) is 5.90 Å². The number of hydrogen-bond donors (Lipinski definition) is 0. The lowest BCUT2D eigenvalue weighted by Crippen LogP contribution is -2.22. The van der Waals surface area contributed by atoms with Crippen LogP contribution >= 0.6 is 0 Å². The van der Waals surface area contributed by atoms with E-state index in [-0.39, 0.29) is 5.97 Å². The Bertz CT molecular complexity index is 637. The lowest BCUT2D eigenvalue weighted by atomic mass is 9.80. The minimum Gasteiger partial charge on any atom is -0.497 e. The van der Waals surface area contributed by atoms with Gasteiger partial charge in [0, 0.05) is 5.92 Å². The maximum atomic E-state index is 12.1. The van der Waals surface area contributed by atoms with Gasteiger partial charge in [-0.2, -0.15) is 0 Å². The van der Waals surface area contributed by atoms with Crippen LogP contribution in [0.2, 0.25) is 0 Å². The van der Waals surface area contributed by atoms with Gasteiger partial charge in [-0.05, 0) is 55.4 Å². The number of nitrogens with zero attached hydrogens (tertiary/aromatic N) is 1. The van der Waals surface area contributed by atoms with Crippen LogP contribution < -0.4 is 4.74 Å². The highest BCUT2D eigenvalue weighted by atomic mass is 16.6. The van der Waals surface area contributed by atoms with Gasteiger partial charge >= 0.3 is 5.97 Å². The van der Waals surface area contributed by atoms with E-state index in [1.807, 2.05) is 24.3 Å². The first-order valence-electron chi connectivity index (χ1n) is 8.86. The van der Waals surface area contributed by atoms with Crippen LogP contribution in [0.4, 0.5) is 0 Å². The Hall–Kier alpha value is -2.10. The summed E-state index contributed by atoms with van der Waals surface area (Å²) in [6.45, 7) is 2.24. The summed E-state index contributed by atoms with van der Waals surface area (Å²) in [5, 5.41) is 0. The molecule has 0 radical (unpaired) electrons. The molecular weight excluding hydrogens is 302 g/mol. The summed E-state index contributed by atoms with van der Waals surface area (Å²) < 4.78 is 10.6. The third-order valence-corrected chi connectivity index (χ3v) is 4.95. The average Bonchev–Trinajstić information content (AvgIpc) is 2.97. The van der Waals surface area contributed by atoms with Gasteiger partial charge in [-0.25, -0.2) is 9.79 Å². The number of esters is 1. The molecule has 0 amide bonds. The van der Waals surface area contributed by atoms with E-state index in [0.717, 1.165) is 30.1 Å². The van der Waals surface area contributed by atoms with Crippen molar-refractivity contribution in [3.63, 3.8) is 0 Å². The van der Waals surface area contributed by atoms with Crippen LogP contribution in [0, 0.1) is 11.8 Å². The van der Waals surface area contributed by atoms with E-state index < -0.39 is 0 Å². The van der Waals surface area contributed by atoms with Crippen LogP contribution in [0.5, 0.6) is 5.75 Å². The number of hydrogen-bond acceptors (Lipinski definition) is 4.